The molecule has 0 atom stereocenters. The summed E-state index contributed by atoms with van der Waals surface area (Å²) >= 11 is 6.36. The third-order valence-electron chi connectivity index (χ3n) is 3.24. The second-order valence-corrected chi connectivity index (χ2v) is 4.67. The molecule has 1 aromatic carbocycles. The SMILES string of the molecule is COc1cc(Cl)c2c(c1)CCCc1cn[nH]c1-2. The van der Waals surface area contributed by atoms with E-state index in [1.165, 1.54) is 11.1 Å². The maximum Gasteiger partial charge on any atom is 0.120 e. The van der Waals surface area contributed by atoms with Gasteiger partial charge in [-0.3, -0.25) is 5.10 Å². The molecule has 1 aliphatic carbocycles. The first-order valence-corrected chi connectivity index (χ1v) is 6.06. The number of nitrogens with zero attached hydrogens (tertiary/aromatic N) is 1. The summed E-state index contributed by atoms with van der Waals surface area (Å²) in [6, 6.07) is 3.92. The van der Waals surface area contributed by atoms with Gasteiger partial charge < -0.3 is 4.74 Å². The number of rotatable bonds is 1. The minimum Gasteiger partial charge on any atom is -0.497 e. The number of aromatic nitrogens is 2. The highest BCUT2D eigenvalue weighted by Gasteiger charge is 2.19. The Bertz CT molecular complexity index is 563. The molecule has 0 amide bonds. The molecule has 0 spiro atoms. The second kappa shape index (κ2) is 4.08. The quantitative estimate of drug-likeness (QED) is 0.841. The molecule has 0 aliphatic heterocycles. The Morgan fingerprint density at radius 2 is 2.12 bits per heavy atom. The summed E-state index contributed by atoms with van der Waals surface area (Å²) in [6.45, 7) is 0. The van der Waals surface area contributed by atoms with E-state index in [0.29, 0.717) is 0 Å². The average Bonchev–Trinajstić information content (AvgIpc) is 2.70. The highest BCUT2D eigenvalue weighted by molar-refractivity contribution is 6.33. The standard InChI is InChI=1S/C13H13ClN2O/c1-17-10-5-8-3-2-4-9-7-15-16-13(9)12(8)11(14)6-10/h5-7H,2-4H2,1H3,(H,15,16). The van der Waals surface area contributed by atoms with Crippen LogP contribution in [-0.2, 0) is 12.8 Å². The van der Waals surface area contributed by atoms with Gasteiger partial charge in [0, 0.05) is 5.56 Å². The number of fused-ring (bicyclic) bond motifs is 3. The van der Waals surface area contributed by atoms with E-state index >= 15 is 0 Å². The highest BCUT2D eigenvalue weighted by Crippen LogP contribution is 2.38. The predicted molar refractivity (Wildman–Crippen MR) is 67.6 cm³/mol. The first kappa shape index (κ1) is 10.7. The van der Waals surface area contributed by atoms with E-state index in [1.54, 1.807) is 7.11 Å². The van der Waals surface area contributed by atoms with Gasteiger partial charge in [-0.1, -0.05) is 11.6 Å². The van der Waals surface area contributed by atoms with Crippen molar-refractivity contribution in [2.75, 3.05) is 7.11 Å². The lowest BCUT2D eigenvalue weighted by Crippen LogP contribution is -1.92. The Labute approximate surface area is 105 Å². The number of H-pyrrole nitrogens is 1. The van der Waals surface area contributed by atoms with Crippen molar-refractivity contribution < 1.29 is 4.74 Å². The van der Waals surface area contributed by atoms with E-state index in [1.807, 2.05) is 12.3 Å². The van der Waals surface area contributed by atoms with Crippen LogP contribution in [0.3, 0.4) is 0 Å². The molecule has 1 heterocycles. The van der Waals surface area contributed by atoms with Gasteiger partial charge in [-0.05, 0) is 42.5 Å². The zero-order chi connectivity index (χ0) is 11.8. The Kier molecular flexibility index (Phi) is 2.56. The Morgan fingerprint density at radius 3 is 2.94 bits per heavy atom. The number of hydrogen-bond acceptors (Lipinski definition) is 2. The van der Waals surface area contributed by atoms with E-state index in [0.717, 1.165) is 41.3 Å². The normalized spacial score (nSPS) is 13.8. The predicted octanol–water partition coefficient (Wildman–Crippen LogP) is 3.23. The van der Waals surface area contributed by atoms with Crippen molar-refractivity contribution in [3.8, 4) is 17.0 Å². The lowest BCUT2D eigenvalue weighted by molar-refractivity contribution is 0.414. The number of hydrogen-bond donors (Lipinski definition) is 1. The lowest BCUT2D eigenvalue weighted by atomic mass is 10.0. The van der Waals surface area contributed by atoms with Gasteiger partial charge >= 0.3 is 0 Å². The zero-order valence-corrected chi connectivity index (χ0v) is 10.3. The van der Waals surface area contributed by atoms with Crippen LogP contribution in [0.5, 0.6) is 5.75 Å². The van der Waals surface area contributed by atoms with E-state index < -0.39 is 0 Å². The minimum absolute atomic E-state index is 0.728. The summed E-state index contributed by atoms with van der Waals surface area (Å²) < 4.78 is 5.26. The van der Waals surface area contributed by atoms with Gasteiger partial charge in [0.1, 0.15) is 5.75 Å². The molecule has 1 aliphatic rings. The molecule has 0 fully saturated rings. The summed E-state index contributed by atoms with van der Waals surface area (Å²) in [5.41, 5.74) is 4.62. The van der Waals surface area contributed by atoms with Crippen molar-refractivity contribution >= 4 is 11.6 Å². The smallest absolute Gasteiger partial charge is 0.120 e. The van der Waals surface area contributed by atoms with Crippen molar-refractivity contribution in [3.63, 3.8) is 0 Å². The minimum atomic E-state index is 0.728. The summed E-state index contributed by atoms with van der Waals surface area (Å²) in [5.74, 6) is 0.816. The Hall–Kier alpha value is -1.48. The molecule has 17 heavy (non-hydrogen) atoms. The van der Waals surface area contributed by atoms with E-state index in [-0.39, 0.29) is 0 Å². The molecular formula is C13H13ClN2O. The average molecular weight is 249 g/mol. The third-order valence-corrected chi connectivity index (χ3v) is 3.54. The van der Waals surface area contributed by atoms with Crippen molar-refractivity contribution in [1.82, 2.24) is 10.2 Å². The summed E-state index contributed by atoms with van der Waals surface area (Å²) in [4.78, 5) is 0. The first-order chi connectivity index (χ1) is 8.29. The molecular weight excluding hydrogens is 236 g/mol. The van der Waals surface area contributed by atoms with Crippen LogP contribution in [0.2, 0.25) is 5.02 Å². The summed E-state index contributed by atoms with van der Waals surface area (Å²) in [7, 11) is 1.66. The van der Waals surface area contributed by atoms with Crippen LogP contribution in [0.15, 0.2) is 18.3 Å². The van der Waals surface area contributed by atoms with E-state index in [2.05, 4.69) is 16.3 Å². The molecule has 1 aromatic heterocycles. The molecule has 3 rings (SSSR count). The topological polar surface area (TPSA) is 37.9 Å². The van der Waals surface area contributed by atoms with Crippen LogP contribution < -0.4 is 4.74 Å². The van der Waals surface area contributed by atoms with Crippen molar-refractivity contribution in [2.45, 2.75) is 19.3 Å². The monoisotopic (exact) mass is 248 g/mol. The molecule has 0 bridgehead atoms. The van der Waals surface area contributed by atoms with Crippen molar-refractivity contribution in [1.29, 1.82) is 0 Å². The van der Waals surface area contributed by atoms with Gasteiger partial charge in [0.05, 0.1) is 24.0 Å². The van der Waals surface area contributed by atoms with E-state index in [9.17, 15) is 0 Å². The molecule has 0 saturated heterocycles. The number of benzene rings is 1. The molecule has 0 radical (unpaired) electrons. The highest BCUT2D eigenvalue weighted by atomic mass is 35.5. The Morgan fingerprint density at radius 1 is 1.29 bits per heavy atom. The van der Waals surface area contributed by atoms with Crippen LogP contribution in [0.4, 0.5) is 0 Å². The number of halogens is 1. The van der Waals surface area contributed by atoms with Crippen LogP contribution in [0.25, 0.3) is 11.3 Å². The first-order valence-electron chi connectivity index (χ1n) is 5.68. The Balaban J connectivity index is 2.25. The number of aromatic amines is 1. The van der Waals surface area contributed by atoms with Crippen LogP contribution in [-0.4, -0.2) is 17.3 Å². The largest absolute Gasteiger partial charge is 0.497 e. The number of ether oxygens (including phenoxy) is 1. The molecule has 1 N–H and O–H groups in total. The van der Waals surface area contributed by atoms with Crippen LogP contribution >= 0.6 is 11.6 Å². The molecule has 4 heteroatoms. The van der Waals surface area contributed by atoms with Gasteiger partial charge in [-0.2, -0.15) is 5.10 Å². The third kappa shape index (κ3) is 1.71. The van der Waals surface area contributed by atoms with Crippen LogP contribution in [0.1, 0.15) is 17.5 Å². The number of aryl methyl sites for hydroxylation is 2. The molecule has 88 valence electrons. The van der Waals surface area contributed by atoms with Gasteiger partial charge in [-0.25, -0.2) is 0 Å². The number of methoxy groups -OCH3 is 1. The molecule has 0 unspecified atom stereocenters. The lowest BCUT2D eigenvalue weighted by Gasteiger charge is -2.10. The van der Waals surface area contributed by atoms with Crippen molar-refractivity contribution in [3.05, 3.63) is 34.5 Å². The van der Waals surface area contributed by atoms with Gasteiger partial charge in [-0.15, -0.1) is 0 Å². The number of nitrogens with one attached hydrogen (secondary N) is 1. The fourth-order valence-corrected chi connectivity index (χ4v) is 2.74. The molecule has 0 saturated carbocycles. The molecule has 2 aromatic rings. The van der Waals surface area contributed by atoms with Crippen molar-refractivity contribution in [2.24, 2.45) is 0 Å². The van der Waals surface area contributed by atoms with Gasteiger partial charge in [0.2, 0.25) is 0 Å². The zero-order valence-electron chi connectivity index (χ0n) is 9.59. The fourth-order valence-electron chi connectivity index (χ4n) is 2.42. The summed E-state index contributed by atoms with van der Waals surface area (Å²) in [5, 5.41) is 7.90. The maximum absolute atomic E-state index is 6.36. The van der Waals surface area contributed by atoms with Gasteiger partial charge in [0.25, 0.3) is 0 Å². The van der Waals surface area contributed by atoms with Crippen LogP contribution in [0, 0.1) is 0 Å². The van der Waals surface area contributed by atoms with E-state index in [4.69, 9.17) is 16.3 Å². The fraction of sp³-hybridized carbons (Fsp3) is 0.308. The van der Waals surface area contributed by atoms with Gasteiger partial charge in [0.15, 0.2) is 0 Å². The maximum atomic E-state index is 6.36. The molecule has 3 nitrogen and oxygen atoms in total. The second-order valence-electron chi connectivity index (χ2n) is 4.27. The summed E-state index contributed by atoms with van der Waals surface area (Å²) in [6.07, 6.45) is 5.07.